The second-order valence-corrected chi connectivity index (χ2v) is 17.4. The van der Waals surface area contributed by atoms with E-state index in [1.54, 1.807) is 24.3 Å². The molecule has 0 saturated carbocycles. The molecule has 0 N–H and O–H groups in total. The first-order chi connectivity index (χ1) is 34.8. The maximum absolute atomic E-state index is 9.19. The van der Waals surface area contributed by atoms with Crippen LogP contribution >= 0.6 is 0 Å². The molecule has 0 bridgehead atoms. The number of pyridine rings is 1. The summed E-state index contributed by atoms with van der Waals surface area (Å²) < 4.78 is 111. The van der Waals surface area contributed by atoms with Crippen molar-refractivity contribution < 1.29 is 42.3 Å². The van der Waals surface area contributed by atoms with Crippen LogP contribution in [0.4, 0.5) is 22.7 Å². The van der Waals surface area contributed by atoms with E-state index in [2.05, 4.69) is 76.9 Å². The van der Waals surface area contributed by atoms with Crippen molar-refractivity contribution in [3.8, 4) is 39.6 Å². The van der Waals surface area contributed by atoms with Gasteiger partial charge in [-0.05, 0) is 81.2 Å². The molecule has 9 aromatic rings. The van der Waals surface area contributed by atoms with Crippen LogP contribution in [-0.4, -0.2) is 9.55 Å². The van der Waals surface area contributed by atoms with E-state index < -0.39 is 37.1 Å². The van der Waals surface area contributed by atoms with Crippen LogP contribution in [0.5, 0.6) is 11.5 Å². The van der Waals surface area contributed by atoms with E-state index in [1.165, 1.54) is 22.9 Å². The summed E-state index contributed by atoms with van der Waals surface area (Å²) in [5, 5.41) is 0.633. The molecule has 0 atom stereocenters. The zero-order valence-corrected chi connectivity index (χ0v) is 37.8. The quantitative estimate of drug-likeness (QED) is 0.149. The second kappa shape index (κ2) is 16.4. The van der Waals surface area contributed by atoms with Crippen molar-refractivity contribution in [1.29, 1.82) is 0 Å². The van der Waals surface area contributed by atoms with Gasteiger partial charge in [-0.3, -0.25) is 0 Å². The molecule has 6 heteroatoms. The Bertz CT molecular complexity index is 3720. The number of para-hydroxylation sites is 4. The Hall–Kier alpha value is -6.42. The van der Waals surface area contributed by atoms with E-state index in [-0.39, 0.29) is 101 Å². The van der Waals surface area contributed by atoms with Gasteiger partial charge in [-0.25, -0.2) is 4.98 Å². The number of anilines is 4. The molecule has 63 heavy (non-hydrogen) atoms. The summed E-state index contributed by atoms with van der Waals surface area (Å²) in [4.78, 5) is 8.39. The fourth-order valence-corrected chi connectivity index (χ4v) is 7.96. The molecule has 10 rings (SSSR count). The first kappa shape index (κ1) is 29.8. The Morgan fingerprint density at radius 3 is 2.03 bits per heavy atom. The van der Waals surface area contributed by atoms with Crippen molar-refractivity contribution in [2.75, 3.05) is 9.80 Å². The van der Waals surface area contributed by atoms with Gasteiger partial charge in [0.15, 0.2) is 0 Å². The van der Waals surface area contributed by atoms with Gasteiger partial charge in [0.25, 0.3) is 0 Å². The number of aryl methyl sites for hydroxylation is 1. The molecule has 2 aromatic heterocycles. The van der Waals surface area contributed by atoms with Gasteiger partial charge in [0.05, 0.1) is 12.3 Å². The molecule has 7 aromatic carbocycles. The number of ether oxygens (including phenoxy) is 1. The van der Waals surface area contributed by atoms with E-state index in [9.17, 15) is 2.74 Å². The Kier molecular flexibility index (Phi) is 7.74. The summed E-state index contributed by atoms with van der Waals surface area (Å²) in [5.41, 5.74) is 6.97. The zero-order chi connectivity index (χ0) is 53.1. The van der Waals surface area contributed by atoms with Crippen LogP contribution in [0.3, 0.4) is 0 Å². The maximum atomic E-state index is 9.19. The minimum Gasteiger partial charge on any atom is -0.509 e. The molecule has 0 spiro atoms. The molecule has 3 heterocycles. The molecule has 5 nitrogen and oxygen atoms in total. The van der Waals surface area contributed by atoms with Gasteiger partial charge >= 0.3 is 0 Å². The van der Waals surface area contributed by atoms with Crippen LogP contribution < -0.4 is 14.5 Å². The summed E-state index contributed by atoms with van der Waals surface area (Å²) in [6, 6.07) is 34.6. The molecule has 1 aliphatic rings. The van der Waals surface area contributed by atoms with Crippen molar-refractivity contribution in [2.45, 2.75) is 59.2 Å². The average Bonchev–Trinajstić information content (AvgIpc) is 3.96. The molecule has 1 aliphatic heterocycles. The zero-order valence-electron chi connectivity index (χ0n) is 47.5. The first-order valence-electron chi connectivity index (χ1n) is 26.4. The number of nitrogens with zero attached hydrogens (tertiary/aromatic N) is 4. The minimum atomic E-state index is -2.48. The van der Waals surface area contributed by atoms with Crippen LogP contribution in [0.25, 0.3) is 49.9 Å². The number of rotatable bonds is 7. The van der Waals surface area contributed by atoms with Crippen LogP contribution in [0.2, 0.25) is 0 Å². The molecule has 0 unspecified atom stereocenters. The Morgan fingerprint density at radius 1 is 0.635 bits per heavy atom. The third kappa shape index (κ3) is 7.85. The van der Waals surface area contributed by atoms with Gasteiger partial charge in [0, 0.05) is 76.6 Å². The number of hydrogen-bond acceptors (Lipinski definition) is 4. The van der Waals surface area contributed by atoms with Gasteiger partial charge < -0.3 is 19.1 Å². The van der Waals surface area contributed by atoms with Crippen LogP contribution in [0.15, 0.2) is 164 Å². The standard InChI is InChI=1S/C57H49N4O.Pt/c1-38-29-30-58-54(31-38)61-50-24-12-11-21-48(50)49-28-27-45(36-53(49)61)62-44-20-15-19-43(35-44)59-37-60(52-26-14-13-25-51(52)59)55-46(39-17-9-8-10-18-39)22-16-23-47(55)40-32-41(56(2,3)4)34-42(33-40)57(5,6)7;/h8-34,37H,1-7H3;/q-3;/i1D3,8D,9D,10D,11D,12D,17D,18D,21D,24D;. The van der Waals surface area contributed by atoms with E-state index in [1.807, 2.05) is 65.0 Å². The molecule has 0 amide bonds. The van der Waals surface area contributed by atoms with Crippen LogP contribution in [-0.2, 0) is 31.9 Å². The number of hydrogen-bond donors (Lipinski definition) is 0. The van der Waals surface area contributed by atoms with Gasteiger partial charge in [0.1, 0.15) is 5.82 Å². The molecular formula is C57H49N4OPt-3. The Morgan fingerprint density at radius 2 is 1.30 bits per heavy atom. The number of aromatic nitrogens is 2. The van der Waals surface area contributed by atoms with Crippen molar-refractivity contribution in [1.82, 2.24) is 9.55 Å². The molecule has 316 valence electrons. The summed E-state index contributed by atoms with van der Waals surface area (Å²) >= 11 is 0. The Balaban J connectivity index is 0.00000689. The van der Waals surface area contributed by atoms with Crippen molar-refractivity contribution in [3.05, 3.63) is 199 Å². The van der Waals surface area contributed by atoms with Gasteiger partial charge in [0.2, 0.25) is 0 Å². The van der Waals surface area contributed by atoms with Crippen molar-refractivity contribution >= 4 is 44.6 Å². The number of fused-ring (bicyclic) bond motifs is 4. The third-order valence-electron chi connectivity index (χ3n) is 11.1. The SMILES string of the molecule is [2H]c1c([2H])c([2H])c(-c2cccc(-c3cc(C(C)(C)C)cc(C(C)(C)C)c3)c2N2[CH-]N(c3[c-]c(Oc4[c-]c5c(cc4)c4c([2H])c([2H])c([2H])c([2H])c4n5-c4cc(C([2H])([2H])[2H])ccn4)ccc3)c3ccccc32)c([2H])c1[2H].[Pt]. The topological polar surface area (TPSA) is 33.5 Å². The molecular weight excluding hydrogens is 952 g/mol. The Labute approximate surface area is 402 Å². The van der Waals surface area contributed by atoms with Crippen LogP contribution in [0.1, 0.15) is 74.7 Å². The van der Waals surface area contributed by atoms with Crippen molar-refractivity contribution in [2.24, 2.45) is 0 Å². The van der Waals surface area contributed by atoms with Crippen molar-refractivity contribution in [3.63, 3.8) is 0 Å². The molecule has 0 radical (unpaired) electrons. The smallest absolute Gasteiger partial charge is 0.135 e. The minimum absolute atomic E-state index is 0. The van der Waals surface area contributed by atoms with E-state index in [0.29, 0.717) is 22.3 Å². The predicted molar refractivity (Wildman–Crippen MR) is 257 cm³/mol. The largest absolute Gasteiger partial charge is 0.509 e. The van der Waals surface area contributed by atoms with E-state index >= 15 is 0 Å². The maximum Gasteiger partial charge on any atom is 0.135 e. The fourth-order valence-electron chi connectivity index (χ4n) is 7.96. The number of benzene rings is 7. The predicted octanol–water partition coefficient (Wildman–Crippen LogP) is 15.2. The summed E-state index contributed by atoms with van der Waals surface area (Å²) in [6.45, 7) is 12.4. The molecule has 0 fully saturated rings. The molecule has 0 aliphatic carbocycles. The second-order valence-electron chi connectivity index (χ2n) is 17.4. The third-order valence-corrected chi connectivity index (χ3v) is 11.1. The summed E-state index contributed by atoms with van der Waals surface area (Å²) in [7, 11) is 0. The first-order valence-corrected chi connectivity index (χ1v) is 20.4. The van der Waals surface area contributed by atoms with Gasteiger partial charge in [-0.1, -0.05) is 144 Å². The molecule has 0 saturated heterocycles. The van der Waals surface area contributed by atoms with Gasteiger partial charge in [-0.15, -0.1) is 48.1 Å². The van der Waals surface area contributed by atoms with E-state index in [0.717, 1.165) is 33.6 Å². The fraction of sp³-hybridized carbons (Fsp3) is 0.158. The summed E-state index contributed by atoms with van der Waals surface area (Å²) in [5.74, 6) is 0.603. The monoisotopic (exact) mass is 1010 g/mol. The van der Waals surface area contributed by atoms with Crippen LogP contribution in [0, 0.1) is 25.7 Å². The normalized spacial score (nSPS) is 15.7. The van der Waals surface area contributed by atoms with E-state index in [4.69, 9.17) is 18.4 Å². The average molecular weight is 1010 g/mol. The summed E-state index contributed by atoms with van der Waals surface area (Å²) in [6.07, 6.45) is 1.35. The van der Waals surface area contributed by atoms with Gasteiger partial charge in [-0.2, -0.15) is 12.1 Å².